The van der Waals surface area contributed by atoms with Crippen LogP contribution in [0.3, 0.4) is 0 Å². The largest absolute Gasteiger partial charge is 0.373 e. The van der Waals surface area contributed by atoms with Crippen LogP contribution < -0.4 is 10.6 Å². The quantitative estimate of drug-likeness (QED) is 0.372. The molecule has 4 atom stereocenters. The molecule has 3 saturated heterocycles. The highest BCUT2D eigenvalue weighted by atomic mass is 127. The van der Waals surface area contributed by atoms with E-state index >= 15 is 0 Å². The van der Waals surface area contributed by atoms with E-state index in [4.69, 9.17) is 4.74 Å². The minimum absolute atomic E-state index is 0. The fourth-order valence-corrected chi connectivity index (χ4v) is 4.16. The van der Waals surface area contributed by atoms with E-state index in [0.717, 1.165) is 44.7 Å². The number of carbonyl (C=O) groups excluding carboxylic acids is 1. The van der Waals surface area contributed by atoms with Gasteiger partial charge in [0.05, 0.1) is 24.8 Å². The number of hydrogen-bond acceptors (Lipinski definition) is 3. The van der Waals surface area contributed by atoms with E-state index in [2.05, 4.69) is 29.5 Å². The van der Waals surface area contributed by atoms with Crippen LogP contribution in [-0.2, 0) is 9.53 Å². The number of nitrogens with zero attached hydrogens (tertiary/aromatic N) is 2. The van der Waals surface area contributed by atoms with Crippen molar-refractivity contribution in [3.05, 3.63) is 0 Å². The summed E-state index contributed by atoms with van der Waals surface area (Å²) in [6, 6.07) is 0.743. The molecule has 0 aromatic rings. The third kappa shape index (κ3) is 5.45. The Balaban J connectivity index is 0.00000225. The van der Waals surface area contributed by atoms with E-state index in [1.165, 1.54) is 12.8 Å². The minimum Gasteiger partial charge on any atom is -0.373 e. The van der Waals surface area contributed by atoms with Crippen molar-refractivity contribution in [2.75, 3.05) is 19.6 Å². The summed E-state index contributed by atoms with van der Waals surface area (Å²) in [6.07, 6.45) is 8.16. The fraction of sp³-hybridized carbons (Fsp3) is 0.889. The van der Waals surface area contributed by atoms with E-state index < -0.39 is 0 Å². The Morgan fingerprint density at radius 2 is 2.12 bits per heavy atom. The van der Waals surface area contributed by atoms with Gasteiger partial charge >= 0.3 is 0 Å². The third-order valence-electron chi connectivity index (χ3n) is 5.49. The Hall–Kier alpha value is -0.570. The summed E-state index contributed by atoms with van der Waals surface area (Å²) >= 11 is 0. The zero-order valence-electron chi connectivity index (χ0n) is 15.5. The number of fused-ring (bicyclic) bond motifs is 2. The van der Waals surface area contributed by atoms with Gasteiger partial charge in [-0.1, -0.05) is 0 Å². The van der Waals surface area contributed by atoms with Crippen LogP contribution in [0.25, 0.3) is 0 Å². The molecule has 6 nitrogen and oxygen atoms in total. The summed E-state index contributed by atoms with van der Waals surface area (Å²) in [5.74, 6) is 1.06. The number of hydrogen-bond donors (Lipinski definition) is 2. The highest BCUT2D eigenvalue weighted by molar-refractivity contribution is 14.0. The predicted molar refractivity (Wildman–Crippen MR) is 110 cm³/mol. The predicted octanol–water partition coefficient (Wildman–Crippen LogP) is 2.27. The van der Waals surface area contributed by atoms with Crippen molar-refractivity contribution in [3.8, 4) is 0 Å². The zero-order valence-corrected chi connectivity index (χ0v) is 17.8. The number of halogens is 1. The molecule has 0 aromatic carbocycles. The van der Waals surface area contributed by atoms with Crippen LogP contribution in [0.1, 0.15) is 58.8 Å². The molecular weight excluding hydrogens is 431 g/mol. The van der Waals surface area contributed by atoms with Crippen LogP contribution in [-0.4, -0.2) is 60.7 Å². The van der Waals surface area contributed by atoms with Crippen molar-refractivity contribution < 1.29 is 9.53 Å². The van der Waals surface area contributed by atoms with E-state index in [1.807, 2.05) is 4.90 Å². The SMILES string of the molecule is CCNC(=NCCC(=O)N1CCCCC1C)NC1CC2CCC1O2.I. The van der Waals surface area contributed by atoms with Gasteiger partial charge in [0.25, 0.3) is 0 Å². The molecule has 4 unspecified atom stereocenters. The maximum absolute atomic E-state index is 12.4. The van der Waals surface area contributed by atoms with Gasteiger partial charge in [0.15, 0.2) is 5.96 Å². The lowest BCUT2D eigenvalue weighted by molar-refractivity contribution is -0.134. The first-order valence-corrected chi connectivity index (χ1v) is 9.67. The first kappa shape index (κ1) is 20.7. The van der Waals surface area contributed by atoms with Crippen LogP contribution in [0.15, 0.2) is 4.99 Å². The molecular formula is C18H33IN4O2. The van der Waals surface area contributed by atoms with Gasteiger partial charge in [-0.15, -0.1) is 24.0 Å². The molecule has 7 heteroatoms. The molecule has 3 aliphatic heterocycles. The Bertz CT molecular complexity index is 474. The van der Waals surface area contributed by atoms with Crippen LogP contribution in [0.5, 0.6) is 0 Å². The molecule has 2 N–H and O–H groups in total. The molecule has 2 bridgehead atoms. The number of carbonyl (C=O) groups is 1. The molecule has 3 rings (SSSR count). The van der Waals surface area contributed by atoms with Gasteiger partial charge in [-0.05, 0) is 52.4 Å². The number of amides is 1. The Morgan fingerprint density at radius 3 is 2.76 bits per heavy atom. The highest BCUT2D eigenvalue weighted by Crippen LogP contribution is 2.34. The second kappa shape index (κ2) is 9.94. The lowest BCUT2D eigenvalue weighted by Crippen LogP contribution is -2.47. The molecule has 3 aliphatic rings. The second-order valence-electron chi connectivity index (χ2n) is 7.30. The van der Waals surface area contributed by atoms with E-state index in [-0.39, 0.29) is 29.9 Å². The Kier molecular flexibility index (Phi) is 8.25. The van der Waals surface area contributed by atoms with Crippen molar-refractivity contribution in [1.29, 1.82) is 0 Å². The number of piperidine rings is 1. The second-order valence-corrected chi connectivity index (χ2v) is 7.30. The molecule has 1 amide bonds. The standard InChI is InChI=1S/C18H32N4O2.HI/c1-3-19-18(21-15-12-14-7-8-16(15)24-14)20-10-9-17(23)22-11-5-4-6-13(22)2;/h13-16H,3-12H2,1-2H3,(H2,19,20,21);1H. The number of guanidine groups is 1. The molecule has 0 aromatic heterocycles. The maximum atomic E-state index is 12.4. The van der Waals surface area contributed by atoms with Crippen LogP contribution in [0, 0.1) is 0 Å². The smallest absolute Gasteiger partial charge is 0.224 e. The number of aliphatic imine (C=N–C) groups is 1. The molecule has 0 radical (unpaired) electrons. The van der Waals surface area contributed by atoms with Crippen molar-refractivity contribution in [2.24, 2.45) is 4.99 Å². The third-order valence-corrected chi connectivity index (χ3v) is 5.49. The fourth-order valence-electron chi connectivity index (χ4n) is 4.16. The molecule has 0 saturated carbocycles. The van der Waals surface area contributed by atoms with E-state index in [9.17, 15) is 4.79 Å². The molecule has 3 fully saturated rings. The molecule has 0 spiro atoms. The van der Waals surface area contributed by atoms with Gasteiger partial charge in [-0.2, -0.15) is 0 Å². The van der Waals surface area contributed by atoms with Crippen LogP contribution >= 0.6 is 24.0 Å². The lowest BCUT2D eigenvalue weighted by atomic mass is 9.96. The first-order chi connectivity index (χ1) is 11.7. The van der Waals surface area contributed by atoms with Gasteiger partial charge < -0.3 is 20.3 Å². The van der Waals surface area contributed by atoms with Crippen molar-refractivity contribution >= 4 is 35.8 Å². The number of nitrogens with one attached hydrogen (secondary N) is 2. The monoisotopic (exact) mass is 464 g/mol. The summed E-state index contributed by atoms with van der Waals surface area (Å²) in [4.78, 5) is 19.0. The molecule has 3 heterocycles. The lowest BCUT2D eigenvalue weighted by Gasteiger charge is -2.33. The summed E-state index contributed by atoms with van der Waals surface area (Å²) in [5.41, 5.74) is 0. The van der Waals surface area contributed by atoms with Crippen molar-refractivity contribution in [2.45, 2.75) is 83.1 Å². The summed E-state index contributed by atoms with van der Waals surface area (Å²) in [5, 5.41) is 6.79. The maximum Gasteiger partial charge on any atom is 0.224 e. The average molecular weight is 464 g/mol. The molecule has 144 valence electrons. The molecule has 25 heavy (non-hydrogen) atoms. The highest BCUT2D eigenvalue weighted by Gasteiger charge is 2.41. The summed E-state index contributed by atoms with van der Waals surface area (Å²) < 4.78 is 5.89. The summed E-state index contributed by atoms with van der Waals surface area (Å²) in [7, 11) is 0. The Labute approximate surface area is 168 Å². The number of likely N-dealkylation sites (tertiary alicyclic amines) is 1. The van der Waals surface area contributed by atoms with Crippen LogP contribution in [0.2, 0.25) is 0 Å². The number of rotatable bonds is 5. The average Bonchev–Trinajstić information content (AvgIpc) is 3.18. The van der Waals surface area contributed by atoms with Crippen molar-refractivity contribution in [3.63, 3.8) is 0 Å². The van der Waals surface area contributed by atoms with E-state index in [1.54, 1.807) is 0 Å². The molecule has 0 aliphatic carbocycles. The minimum atomic E-state index is 0. The van der Waals surface area contributed by atoms with Gasteiger partial charge in [0.2, 0.25) is 5.91 Å². The van der Waals surface area contributed by atoms with Crippen LogP contribution in [0.4, 0.5) is 0 Å². The van der Waals surface area contributed by atoms with Gasteiger partial charge in [0.1, 0.15) is 0 Å². The van der Waals surface area contributed by atoms with E-state index in [0.29, 0.717) is 37.3 Å². The topological polar surface area (TPSA) is 66.0 Å². The van der Waals surface area contributed by atoms with Crippen molar-refractivity contribution in [1.82, 2.24) is 15.5 Å². The number of ether oxygens (including phenoxy) is 1. The first-order valence-electron chi connectivity index (χ1n) is 9.67. The Morgan fingerprint density at radius 1 is 1.28 bits per heavy atom. The van der Waals surface area contributed by atoms with Gasteiger partial charge in [-0.3, -0.25) is 9.79 Å². The zero-order chi connectivity index (χ0) is 16.9. The normalized spacial score (nSPS) is 31.6. The summed E-state index contributed by atoms with van der Waals surface area (Å²) in [6.45, 7) is 6.49. The van der Waals surface area contributed by atoms with Gasteiger partial charge in [0, 0.05) is 25.6 Å². The van der Waals surface area contributed by atoms with Gasteiger partial charge in [-0.25, -0.2) is 0 Å².